The van der Waals surface area contributed by atoms with Crippen LogP contribution in [-0.4, -0.2) is 41.0 Å². The summed E-state index contributed by atoms with van der Waals surface area (Å²) in [7, 11) is 6.01. The van der Waals surface area contributed by atoms with E-state index >= 15 is 0 Å². The van der Waals surface area contributed by atoms with Crippen LogP contribution in [0.5, 0.6) is 23.0 Å². The fourth-order valence-electron chi connectivity index (χ4n) is 5.05. The molecule has 40 heavy (non-hydrogen) atoms. The summed E-state index contributed by atoms with van der Waals surface area (Å²) in [6.07, 6.45) is 1.85. The molecule has 0 aromatic heterocycles. The Kier molecular flexibility index (Phi) is 9.90. The van der Waals surface area contributed by atoms with E-state index in [1.807, 2.05) is 30.3 Å². The Bertz CT molecular complexity index is 1410. The van der Waals surface area contributed by atoms with Crippen LogP contribution < -0.4 is 29.7 Å². The van der Waals surface area contributed by atoms with E-state index in [0.717, 1.165) is 11.1 Å². The molecule has 0 spiro atoms. The van der Waals surface area contributed by atoms with E-state index < -0.39 is 6.04 Å². The molecule has 1 aliphatic carbocycles. The van der Waals surface area contributed by atoms with Crippen molar-refractivity contribution in [3.05, 3.63) is 80.5 Å². The number of benzene rings is 2. The molecule has 1 amide bonds. The topological polar surface area (TPSA) is 92.3 Å². The van der Waals surface area contributed by atoms with Crippen LogP contribution in [0.3, 0.4) is 0 Å². The highest BCUT2D eigenvalue weighted by Crippen LogP contribution is 2.54. The van der Waals surface area contributed by atoms with Crippen molar-refractivity contribution in [1.82, 2.24) is 5.32 Å². The molecular weight excluding hydrogens is 534 g/mol. The molecule has 0 heterocycles. The minimum atomic E-state index is -0.456. The molecule has 0 radical (unpaired) electrons. The molecule has 9 heteroatoms. The lowest BCUT2D eigenvalue weighted by Gasteiger charge is -2.21. The molecule has 4 rings (SSSR count). The Morgan fingerprint density at radius 1 is 0.950 bits per heavy atom. The molecule has 3 aromatic rings. The largest absolute Gasteiger partial charge is 0.493 e. The van der Waals surface area contributed by atoms with Crippen molar-refractivity contribution >= 4 is 17.5 Å². The van der Waals surface area contributed by atoms with Crippen LogP contribution in [0.25, 0.3) is 11.1 Å². The number of amides is 1. The Balaban J connectivity index is 1.64. The van der Waals surface area contributed by atoms with Crippen molar-refractivity contribution < 1.29 is 28.5 Å². The smallest absolute Gasteiger partial charge is 0.220 e. The quantitative estimate of drug-likeness (QED) is 0.306. The number of hydrogen-bond donors (Lipinski definition) is 1. The number of ether oxygens (including phenoxy) is 5. The lowest BCUT2D eigenvalue weighted by Crippen LogP contribution is -2.29. The summed E-state index contributed by atoms with van der Waals surface area (Å²) in [5.74, 6) is 1.19. The maximum Gasteiger partial charge on any atom is 0.220 e. The fraction of sp³-hybridized carbons (Fsp3) is 0.355. The fourth-order valence-corrected chi connectivity index (χ4v) is 5.41. The van der Waals surface area contributed by atoms with Gasteiger partial charge in [-0.05, 0) is 53.6 Å². The second-order valence-electron chi connectivity index (χ2n) is 9.35. The van der Waals surface area contributed by atoms with E-state index in [0.29, 0.717) is 71.4 Å². The number of fused-ring (bicyclic) bond motifs is 3. The second-order valence-corrected chi connectivity index (χ2v) is 9.73. The number of hydrogen-bond acceptors (Lipinski definition) is 7. The molecule has 1 aliphatic rings. The van der Waals surface area contributed by atoms with Crippen LogP contribution in [0.15, 0.2) is 53.3 Å². The van der Waals surface area contributed by atoms with E-state index in [1.54, 1.807) is 12.1 Å². The van der Waals surface area contributed by atoms with E-state index in [-0.39, 0.29) is 23.5 Å². The van der Waals surface area contributed by atoms with Crippen LogP contribution in [0.4, 0.5) is 0 Å². The van der Waals surface area contributed by atoms with Crippen molar-refractivity contribution in [1.29, 1.82) is 0 Å². The molecule has 0 saturated carbocycles. The Hall–Kier alpha value is -3.75. The van der Waals surface area contributed by atoms with Crippen LogP contribution in [0.2, 0.25) is 5.02 Å². The maximum atomic E-state index is 13.1. The summed E-state index contributed by atoms with van der Waals surface area (Å²) in [6, 6.07) is 14.4. The highest BCUT2D eigenvalue weighted by molar-refractivity contribution is 6.34. The zero-order chi connectivity index (χ0) is 28.6. The van der Waals surface area contributed by atoms with Crippen LogP contribution in [-0.2, 0) is 22.6 Å². The zero-order valence-electron chi connectivity index (χ0n) is 23.2. The number of nitrogens with one attached hydrogen (secondary N) is 1. The molecule has 1 N–H and O–H groups in total. The predicted molar refractivity (Wildman–Crippen MR) is 154 cm³/mol. The van der Waals surface area contributed by atoms with Crippen molar-refractivity contribution in [2.24, 2.45) is 0 Å². The van der Waals surface area contributed by atoms with Gasteiger partial charge in [-0.1, -0.05) is 48.0 Å². The van der Waals surface area contributed by atoms with Gasteiger partial charge in [0.2, 0.25) is 17.1 Å². The second kappa shape index (κ2) is 13.5. The lowest BCUT2D eigenvalue weighted by atomic mass is 9.95. The number of rotatable bonds is 11. The average Bonchev–Trinajstić information content (AvgIpc) is 3.22. The molecule has 1 atom stereocenters. The zero-order valence-corrected chi connectivity index (χ0v) is 23.9. The maximum absolute atomic E-state index is 13.1. The minimum Gasteiger partial charge on any atom is -0.493 e. The summed E-state index contributed by atoms with van der Waals surface area (Å²) in [4.78, 5) is 26.1. The molecule has 3 aromatic carbocycles. The van der Waals surface area contributed by atoms with Gasteiger partial charge >= 0.3 is 0 Å². The molecule has 0 unspecified atom stereocenters. The first-order valence-corrected chi connectivity index (χ1v) is 13.4. The predicted octanol–water partition coefficient (Wildman–Crippen LogP) is 5.50. The molecule has 0 aliphatic heterocycles. The number of methoxy groups -OCH3 is 4. The van der Waals surface area contributed by atoms with Gasteiger partial charge in [0.25, 0.3) is 0 Å². The Labute approximate surface area is 239 Å². The highest BCUT2D eigenvalue weighted by Gasteiger charge is 2.32. The standard InChI is InChI=1S/C31H34ClNO7/c1-36-25-15-13-20-22(17-24(25)34)23(33-26(35)11-8-16-40-18-19-9-6-5-7-10-19)14-12-21-27(20)29(37-2)31(39-4)30(38-3)28(21)32/h5-7,9-10,13,15,17,23H,8,11-12,14,16,18H2,1-4H3,(H,33,35)/t23-/m0/s1. The van der Waals surface area contributed by atoms with Crippen molar-refractivity contribution in [2.75, 3.05) is 35.0 Å². The molecule has 0 bridgehead atoms. The van der Waals surface area contributed by atoms with Crippen molar-refractivity contribution in [3.8, 4) is 34.1 Å². The van der Waals surface area contributed by atoms with Gasteiger partial charge in [-0.15, -0.1) is 0 Å². The van der Waals surface area contributed by atoms with Gasteiger partial charge in [-0.2, -0.15) is 0 Å². The van der Waals surface area contributed by atoms with Gasteiger partial charge in [0.15, 0.2) is 17.2 Å². The molecule has 8 nitrogen and oxygen atoms in total. The van der Waals surface area contributed by atoms with E-state index in [9.17, 15) is 9.59 Å². The molecule has 0 saturated heterocycles. The molecule has 0 fully saturated rings. The first-order chi connectivity index (χ1) is 19.4. The van der Waals surface area contributed by atoms with Gasteiger partial charge in [0, 0.05) is 18.6 Å². The monoisotopic (exact) mass is 567 g/mol. The SMILES string of the molecule is COc1c(Cl)c2c(c(OC)c1OC)-c1ccc(OC)c(=O)cc1[C@@H](NC(=O)CCCOCc1ccccc1)CC2. The van der Waals surface area contributed by atoms with Crippen LogP contribution in [0.1, 0.15) is 42.0 Å². The van der Waals surface area contributed by atoms with Crippen LogP contribution >= 0.6 is 11.6 Å². The summed E-state index contributed by atoms with van der Waals surface area (Å²) in [6.45, 7) is 0.953. The van der Waals surface area contributed by atoms with Crippen molar-refractivity contribution in [3.63, 3.8) is 0 Å². The van der Waals surface area contributed by atoms with Gasteiger partial charge in [-0.3, -0.25) is 9.59 Å². The van der Waals surface area contributed by atoms with Crippen LogP contribution in [0, 0.1) is 0 Å². The highest BCUT2D eigenvalue weighted by atomic mass is 35.5. The third-order valence-corrected chi connectivity index (χ3v) is 7.35. The molecular formula is C31H34ClNO7. The average molecular weight is 568 g/mol. The number of carbonyl (C=O) groups is 1. The first-order valence-electron chi connectivity index (χ1n) is 13.1. The van der Waals surface area contributed by atoms with E-state index in [1.165, 1.54) is 34.5 Å². The van der Waals surface area contributed by atoms with E-state index in [4.69, 9.17) is 35.3 Å². The third-order valence-electron chi connectivity index (χ3n) is 6.95. The first kappa shape index (κ1) is 29.2. The summed E-state index contributed by atoms with van der Waals surface area (Å²) in [5, 5.41) is 3.52. The normalized spacial score (nSPS) is 13.9. The number of carbonyl (C=O) groups excluding carboxylic acids is 1. The molecule has 212 valence electrons. The van der Waals surface area contributed by atoms with Gasteiger partial charge in [0.05, 0.1) is 46.1 Å². The summed E-state index contributed by atoms with van der Waals surface area (Å²) in [5.41, 5.74) is 3.57. The summed E-state index contributed by atoms with van der Waals surface area (Å²) >= 11 is 6.85. The van der Waals surface area contributed by atoms with Gasteiger partial charge in [0.1, 0.15) is 0 Å². The van der Waals surface area contributed by atoms with E-state index in [2.05, 4.69) is 5.32 Å². The van der Waals surface area contributed by atoms with Gasteiger partial charge in [-0.25, -0.2) is 0 Å². The third kappa shape index (κ3) is 6.18. The van der Waals surface area contributed by atoms with Crippen molar-refractivity contribution in [2.45, 2.75) is 38.3 Å². The lowest BCUT2D eigenvalue weighted by molar-refractivity contribution is -0.122. The minimum absolute atomic E-state index is 0.135. The Morgan fingerprint density at radius 2 is 1.68 bits per heavy atom. The Morgan fingerprint density at radius 3 is 2.35 bits per heavy atom. The number of halogens is 1. The van der Waals surface area contributed by atoms with Gasteiger partial charge < -0.3 is 29.0 Å². The summed E-state index contributed by atoms with van der Waals surface area (Å²) < 4.78 is 28.1.